The predicted octanol–water partition coefficient (Wildman–Crippen LogP) is 3.76. The van der Waals surface area contributed by atoms with Crippen LogP contribution < -0.4 is 15.5 Å². The van der Waals surface area contributed by atoms with Crippen molar-refractivity contribution in [1.29, 1.82) is 0 Å². The molecule has 2 aromatic rings. The number of benzene rings is 2. The van der Waals surface area contributed by atoms with E-state index in [0.29, 0.717) is 6.04 Å². The molecule has 4 heteroatoms. The molecule has 2 saturated heterocycles. The highest BCUT2D eigenvalue weighted by atomic mass is 32.1. The van der Waals surface area contributed by atoms with E-state index in [1.54, 1.807) is 4.90 Å². The molecule has 28 heavy (non-hydrogen) atoms. The van der Waals surface area contributed by atoms with Crippen molar-refractivity contribution in [2.24, 2.45) is 0 Å². The van der Waals surface area contributed by atoms with Crippen LogP contribution in [0.2, 0.25) is 0 Å². The first-order valence-electron chi connectivity index (χ1n) is 10.6. The van der Waals surface area contributed by atoms with Gasteiger partial charge in [0, 0.05) is 30.1 Å². The Morgan fingerprint density at radius 3 is 2.39 bits per heavy atom. The molecular weight excluding hydrogens is 362 g/mol. The molecule has 0 aliphatic carbocycles. The fourth-order valence-electron chi connectivity index (χ4n) is 5.05. The van der Waals surface area contributed by atoms with Gasteiger partial charge in [0.05, 0.1) is 12.1 Å². The van der Waals surface area contributed by atoms with E-state index in [1.165, 1.54) is 48.8 Å². The van der Waals surface area contributed by atoms with Crippen LogP contribution in [0.1, 0.15) is 48.8 Å². The van der Waals surface area contributed by atoms with Crippen LogP contribution in [0, 0.1) is 13.8 Å². The smallest absolute Gasteiger partial charge is 0.171 e. The minimum Gasteiger partial charge on any atom is -0.359 e. The number of piperidine rings is 2. The van der Waals surface area contributed by atoms with Crippen LogP contribution >= 0.6 is 12.2 Å². The lowest BCUT2D eigenvalue weighted by atomic mass is 9.81. The summed E-state index contributed by atoms with van der Waals surface area (Å²) in [5.74, 6) is 0. The second-order valence-electron chi connectivity index (χ2n) is 8.63. The Kier molecular flexibility index (Phi) is 5.98. The van der Waals surface area contributed by atoms with E-state index in [1.807, 2.05) is 0 Å². The number of nitrogens with one attached hydrogen (secondary N) is 3. The van der Waals surface area contributed by atoms with Crippen LogP contribution in [0.3, 0.4) is 0 Å². The molecule has 2 heterocycles. The lowest BCUT2D eigenvalue weighted by Gasteiger charge is -2.46. The van der Waals surface area contributed by atoms with Crippen LogP contribution in [0.15, 0.2) is 48.5 Å². The standard InChI is InChI=1S/C24H31N3S/c1-17-11-12-20(13-18(17)2)25-24(28)26-21-14-22-9-6-10-23(15-21)27(22)16-19-7-4-3-5-8-19/h3-5,7-8,11-13,21-23H,6,9-10,14-16H2,1-2H3,(H2,25,26,28)/p+1/t21?,22-,23+. The minimum atomic E-state index is 0.487. The third kappa shape index (κ3) is 4.56. The van der Waals surface area contributed by atoms with Crippen molar-refractivity contribution < 1.29 is 4.90 Å². The number of quaternary nitrogens is 1. The number of rotatable bonds is 4. The molecule has 2 aromatic carbocycles. The molecule has 4 rings (SSSR count). The van der Waals surface area contributed by atoms with Gasteiger partial charge in [-0.15, -0.1) is 0 Å². The van der Waals surface area contributed by atoms with E-state index in [4.69, 9.17) is 12.2 Å². The molecular formula is C24H32N3S+. The second kappa shape index (κ2) is 8.62. The number of fused-ring (bicyclic) bond motifs is 2. The molecule has 0 spiro atoms. The van der Waals surface area contributed by atoms with Crippen molar-refractivity contribution in [3.8, 4) is 0 Å². The quantitative estimate of drug-likeness (QED) is 0.690. The molecule has 2 bridgehead atoms. The average molecular weight is 395 g/mol. The molecule has 148 valence electrons. The van der Waals surface area contributed by atoms with Gasteiger partial charge in [0.15, 0.2) is 5.11 Å². The topological polar surface area (TPSA) is 28.5 Å². The lowest BCUT2D eigenvalue weighted by molar-refractivity contribution is -0.973. The maximum absolute atomic E-state index is 5.63. The van der Waals surface area contributed by atoms with Gasteiger partial charge in [-0.2, -0.15) is 0 Å². The normalized spacial score (nSPS) is 26.5. The Morgan fingerprint density at radius 2 is 1.71 bits per heavy atom. The summed E-state index contributed by atoms with van der Waals surface area (Å²) in [5, 5.41) is 7.77. The Hall–Kier alpha value is -1.91. The van der Waals surface area contributed by atoms with Gasteiger partial charge in [-0.3, -0.25) is 0 Å². The summed E-state index contributed by atoms with van der Waals surface area (Å²) in [6.07, 6.45) is 6.49. The van der Waals surface area contributed by atoms with Crippen molar-refractivity contribution >= 4 is 23.0 Å². The highest BCUT2D eigenvalue weighted by Gasteiger charge is 2.41. The largest absolute Gasteiger partial charge is 0.359 e. The van der Waals surface area contributed by atoms with Gasteiger partial charge in [0.1, 0.15) is 6.54 Å². The number of aryl methyl sites for hydroxylation is 2. The molecule has 2 aliphatic rings. The van der Waals surface area contributed by atoms with Crippen LogP contribution in [-0.4, -0.2) is 23.2 Å². The molecule has 0 amide bonds. The molecule has 0 saturated carbocycles. The van der Waals surface area contributed by atoms with E-state index in [0.717, 1.165) is 29.4 Å². The summed E-state index contributed by atoms with van der Waals surface area (Å²) in [5.41, 5.74) is 5.15. The Bertz CT molecular complexity index is 806. The maximum atomic E-state index is 5.63. The number of hydrogen-bond donors (Lipinski definition) is 3. The van der Waals surface area contributed by atoms with Gasteiger partial charge in [0.2, 0.25) is 0 Å². The summed E-state index contributed by atoms with van der Waals surface area (Å²) >= 11 is 5.63. The van der Waals surface area contributed by atoms with E-state index in [9.17, 15) is 0 Å². The first kappa shape index (κ1) is 19.4. The minimum absolute atomic E-state index is 0.487. The average Bonchev–Trinajstić information content (AvgIpc) is 2.66. The van der Waals surface area contributed by atoms with Crippen molar-refractivity contribution in [2.75, 3.05) is 5.32 Å². The summed E-state index contributed by atoms with van der Waals surface area (Å²) in [6, 6.07) is 19.4. The van der Waals surface area contributed by atoms with E-state index >= 15 is 0 Å². The van der Waals surface area contributed by atoms with Crippen LogP contribution in [0.5, 0.6) is 0 Å². The molecule has 3 nitrogen and oxygen atoms in total. The predicted molar refractivity (Wildman–Crippen MR) is 121 cm³/mol. The molecule has 2 aliphatic heterocycles. The van der Waals surface area contributed by atoms with E-state index < -0.39 is 0 Å². The highest BCUT2D eigenvalue weighted by molar-refractivity contribution is 7.80. The van der Waals surface area contributed by atoms with E-state index in [-0.39, 0.29) is 0 Å². The van der Waals surface area contributed by atoms with Gasteiger partial charge in [-0.25, -0.2) is 0 Å². The fourth-order valence-corrected chi connectivity index (χ4v) is 5.33. The highest BCUT2D eigenvalue weighted by Crippen LogP contribution is 2.23. The molecule has 2 unspecified atom stereocenters. The Balaban J connectivity index is 1.36. The molecule has 4 atom stereocenters. The van der Waals surface area contributed by atoms with Crippen molar-refractivity contribution in [3.63, 3.8) is 0 Å². The Morgan fingerprint density at radius 1 is 1.00 bits per heavy atom. The van der Waals surface area contributed by atoms with Crippen LogP contribution in [-0.2, 0) is 6.54 Å². The van der Waals surface area contributed by atoms with Gasteiger partial charge in [0.25, 0.3) is 0 Å². The van der Waals surface area contributed by atoms with Crippen molar-refractivity contribution in [3.05, 3.63) is 65.2 Å². The SMILES string of the molecule is Cc1ccc(NC(=S)NC2C[C@H]3CCC[C@@H](C2)[NH+]3Cc2ccccc2)cc1C. The first-order valence-corrected chi connectivity index (χ1v) is 11.0. The summed E-state index contributed by atoms with van der Waals surface area (Å²) < 4.78 is 0. The van der Waals surface area contributed by atoms with Crippen molar-refractivity contribution in [1.82, 2.24) is 5.32 Å². The number of anilines is 1. The zero-order valence-corrected chi connectivity index (χ0v) is 17.8. The monoisotopic (exact) mass is 394 g/mol. The second-order valence-corrected chi connectivity index (χ2v) is 9.04. The van der Waals surface area contributed by atoms with Crippen LogP contribution in [0.25, 0.3) is 0 Å². The van der Waals surface area contributed by atoms with Crippen LogP contribution in [0.4, 0.5) is 5.69 Å². The molecule has 2 fully saturated rings. The summed E-state index contributed by atoms with van der Waals surface area (Å²) in [4.78, 5) is 1.79. The van der Waals surface area contributed by atoms with Gasteiger partial charge < -0.3 is 15.5 Å². The number of hydrogen-bond acceptors (Lipinski definition) is 1. The lowest BCUT2D eigenvalue weighted by Crippen LogP contribution is -3.20. The summed E-state index contributed by atoms with van der Waals surface area (Å²) in [6.45, 7) is 5.44. The maximum Gasteiger partial charge on any atom is 0.171 e. The zero-order chi connectivity index (χ0) is 19.5. The summed E-state index contributed by atoms with van der Waals surface area (Å²) in [7, 11) is 0. The molecule has 3 N–H and O–H groups in total. The van der Waals surface area contributed by atoms with Crippen molar-refractivity contribution in [2.45, 2.75) is 70.6 Å². The first-order chi connectivity index (χ1) is 13.6. The Labute approximate surface area is 174 Å². The molecule has 0 aromatic heterocycles. The van der Waals surface area contributed by atoms with Gasteiger partial charge in [-0.05, 0) is 68.6 Å². The third-order valence-corrected chi connectivity index (χ3v) is 6.86. The van der Waals surface area contributed by atoms with E-state index in [2.05, 4.69) is 73.0 Å². The van der Waals surface area contributed by atoms with Gasteiger partial charge >= 0.3 is 0 Å². The third-order valence-electron chi connectivity index (χ3n) is 6.64. The fraction of sp³-hybridized carbons (Fsp3) is 0.458. The molecule has 0 radical (unpaired) electrons. The number of thiocarbonyl (C=S) groups is 1. The van der Waals surface area contributed by atoms with Gasteiger partial charge in [-0.1, -0.05) is 36.4 Å². The zero-order valence-electron chi connectivity index (χ0n) is 17.0.